The highest BCUT2D eigenvalue weighted by Crippen LogP contribution is 2.32. The number of piperazine rings is 1. The Bertz CT molecular complexity index is 697. The fourth-order valence-electron chi connectivity index (χ4n) is 3.25. The Morgan fingerprint density at radius 1 is 0.750 bits per heavy atom. The molecule has 126 valence electrons. The molecular weight excluding hydrogens is 368 g/mol. The molecule has 0 atom stereocenters. The molecule has 1 fully saturated rings. The van der Waals surface area contributed by atoms with E-state index in [4.69, 9.17) is 9.47 Å². The molecule has 24 heavy (non-hydrogen) atoms. The van der Waals surface area contributed by atoms with Crippen LogP contribution in [0.2, 0.25) is 0 Å². The molecule has 0 aliphatic carbocycles. The van der Waals surface area contributed by atoms with Crippen LogP contribution in [0.25, 0.3) is 0 Å². The highest BCUT2D eigenvalue weighted by molar-refractivity contribution is 9.10. The Morgan fingerprint density at radius 2 is 1.33 bits per heavy atom. The lowest BCUT2D eigenvalue weighted by molar-refractivity contribution is 0.122. The number of halogens is 1. The van der Waals surface area contributed by atoms with Crippen molar-refractivity contribution >= 4 is 15.9 Å². The number of nitrogens with zero attached hydrogens (tertiary/aromatic N) is 2. The van der Waals surface area contributed by atoms with E-state index in [0.717, 1.165) is 55.2 Å². The molecule has 2 aromatic carbocycles. The number of fused-ring (bicyclic) bond motifs is 1. The molecule has 2 aliphatic heterocycles. The van der Waals surface area contributed by atoms with Gasteiger partial charge in [-0.2, -0.15) is 0 Å². The molecular formula is C19H21BrN2O2. The van der Waals surface area contributed by atoms with E-state index in [9.17, 15) is 0 Å². The van der Waals surface area contributed by atoms with E-state index in [2.05, 4.69) is 62.1 Å². The minimum atomic E-state index is 0.341. The Labute approximate surface area is 151 Å². The van der Waals surface area contributed by atoms with Gasteiger partial charge < -0.3 is 9.47 Å². The molecule has 2 aliphatic rings. The van der Waals surface area contributed by atoms with Crippen LogP contribution < -0.4 is 9.47 Å². The van der Waals surface area contributed by atoms with Crippen molar-refractivity contribution in [1.82, 2.24) is 9.80 Å². The molecule has 2 heterocycles. The van der Waals surface area contributed by atoms with Crippen molar-refractivity contribution in [3.63, 3.8) is 0 Å². The van der Waals surface area contributed by atoms with E-state index in [1.54, 1.807) is 0 Å². The van der Waals surface area contributed by atoms with E-state index >= 15 is 0 Å². The van der Waals surface area contributed by atoms with Crippen LogP contribution in [-0.2, 0) is 13.1 Å². The van der Waals surface area contributed by atoms with Crippen molar-refractivity contribution < 1.29 is 9.47 Å². The zero-order valence-corrected chi connectivity index (χ0v) is 15.2. The fraction of sp³-hybridized carbons (Fsp3) is 0.368. The predicted octanol–water partition coefficient (Wildman–Crippen LogP) is 3.50. The van der Waals surface area contributed by atoms with Crippen LogP contribution in [-0.4, -0.2) is 42.8 Å². The lowest BCUT2D eigenvalue weighted by Gasteiger charge is -2.34. The summed E-state index contributed by atoms with van der Waals surface area (Å²) in [5.41, 5.74) is 2.67. The topological polar surface area (TPSA) is 24.9 Å². The summed E-state index contributed by atoms with van der Waals surface area (Å²) in [6, 6.07) is 14.9. The molecule has 0 amide bonds. The van der Waals surface area contributed by atoms with Crippen molar-refractivity contribution in [3.8, 4) is 11.5 Å². The minimum Gasteiger partial charge on any atom is -0.454 e. The summed E-state index contributed by atoms with van der Waals surface area (Å²) < 4.78 is 12.0. The van der Waals surface area contributed by atoms with Crippen molar-refractivity contribution in [2.45, 2.75) is 13.1 Å². The zero-order chi connectivity index (χ0) is 16.4. The van der Waals surface area contributed by atoms with Crippen LogP contribution in [0.5, 0.6) is 11.5 Å². The standard InChI is InChI=1S/C19H21BrN2O2/c20-17-4-1-15(2-5-17)12-21-7-9-22(10-8-21)13-16-3-6-18-19(11-16)24-14-23-18/h1-6,11H,7-10,12-14H2. The molecule has 4 nitrogen and oxygen atoms in total. The van der Waals surface area contributed by atoms with Crippen LogP contribution in [0.1, 0.15) is 11.1 Å². The van der Waals surface area contributed by atoms with Gasteiger partial charge in [-0.1, -0.05) is 34.1 Å². The fourth-order valence-corrected chi connectivity index (χ4v) is 3.52. The monoisotopic (exact) mass is 388 g/mol. The number of hydrogen-bond donors (Lipinski definition) is 0. The first-order valence-electron chi connectivity index (χ1n) is 8.34. The van der Waals surface area contributed by atoms with Crippen molar-refractivity contribution in [3.05, 3.63) is 58.1 Å². The van der Waals surface area contributed by atoms with E-state index < -0.39 is 0 Å². The summed E-state index contributed by atoms with van der Waals surface area (Å²) in [4.78, 5) is 5.04. The third-order valence-corrected chi connectivity index (χ3v) is 5.16. The number of hydrogen-bond acceptors (Lipinski definition) is 4. The van der Waals surface area contributed by atoms with E-state index in [0.29, 0.717) is 6.79 Å². The van der Waals surface area contributed by atoms with Gasteiger partial charge >= 0.3 is 0 Å². The maximum atomic E-state index is 5.47. The van der Waals surface area contributed by atoms with Gasteiger partial charge in [0.1, 0.15) is 0 Å². The van der Waals surface area contributed by atoms with Gasteiger partial charge in [0.25, 0.3) is 0 Å². The van der Waals surface area contributed by atoms with Gasteiger partial charge in [-0.15, -0.1) is 0 Å². The lowest BCUT2D eigenvalue weighted by Crippen LogP contribution is -2.45. The minimum absolute atomic E-state index is 0.341. The first-order valence-corrected chi connectivity index (χ1v) is 9.13. The summed E-state index contributed by atoms with van der Waals surface area (Å²) in [5.74, 6) is 1.74. The SMILES string of the molecule is Brc1ccc(CN2CCN(Cc3ccc4c(c3)OCO4)CC2)cc1. The first kappa shape index (κ1) is 15.9. The summed E-state index contributed by atoms with van der Waals surface area (Å²) in [7, 11) is 0. The highest BCUT2D eigenvalue weighted by Gasteiger charge is 2.19. The molecule has 0 radical (unpaired) electrons. The summed E-state index contributed by atoms with van der Waals surface area (Å²) in [6.45, 7) is 6.78. The molecule has 0 bridgehead atoms. The molecule has 0 saturated carbocycles. The van der Waals surface area contributed by atoms with Gasteiger partial charge in [0, 0.05) is 43.7 Å². The maximum Gasteiger partial charge on any atom is 0.231 e. The van der Waals surface area contributed by atoms with E-state index in [1.165, 1.54) is 11.1 Å². The van der Waals surface area contributed by atoms with Crippen LogP contribution >= 0.6 is 15.9 Å². The van der Waals surface area contributed by atoms with E-state index in [1.807, 2.05) is 6.07 Å². The molecule has 1 saturated heterocycles. The molecule has 0 spiro atoms. The number of rotatable bonds is 4. The quantitative estimate of drug-likeness (QED) is 0.799. The third kappa shape index (κ3) is 3.74. The van der Waals surface area contributed by atoms with Gasteiger partial charge in [0.05, 0.1) is 0 Å². The normalized spacial score (nSPS) is 18.0. The molecule has 5 heteroatoms. The summed E-state index contributed by atoms with van der Waals surface area (Å²) >= 11 is 3.49. The van der Waals surface area contributed by atoms with Crippen molar-refractivity contribution in [2.24, 2.45) is 0 Å². The molecule has 0 unspecified atom stereocenters. The summed E-state index contributed by atoms with van der Waals surface area (Å²) in [6.07, 6.45) is 0. The predicted molar refractivity (Wildman–Crippen MR) is 97.3 cm³/mol. The smallest absolute Gasteiger partial charge is 0.231 e. The zero-order valence-electron chi connectivity index (χ0n) is 13.6. The average molecular weight is 389 g/mol. The molecule has 2 aromatic rings. The molecule has 4 rings (SSSR count). The van der Waals surface area contributed by atoms with Gasteiger partial charge in [-0.05, 0) is 35.4 Å². The molecule has 0 N–H and O–H groups in total. The summed E-state index contributed by atoms with van der Waals surface area (Å²) in [5, 5.41) is 0. The van der Waals surface area contributed by atoms with E-state index in [-0.39, 0.29) is 0 Å². The highest BCUT2D eigenvalue weighted by atomic mass is 79.9. The van der Waals surface area contributed by atoms with Gasteiger partial charge in [0.15, 0.2) is 11.5 Å². The Morgan fingerprint density at radius 3 is 2.04 bits per heavy atom. The Kier molecular flexibility index (Phi) is 4.74. The Balaban J connectivity index is 1.29. The second-order valence-corrected chi connectivity index (χ2v) is 7.28. The van der Waals surface area contributed by atoms with Crippen LogP contribution in [0.3, 0.4) is 0 Å². The second kappa shape index (κ2) is 7.13. The van der Waals surface area contributed by atoms with Crippen LogP contribution in [0, 0.1) is 0 Å². The first-order chi connectivity index (χ1) is 11.8. The van der Waals surface area contributed by atoms with Crippen molar-refractivity contribution in [1.29, 1.82) is 0 Å². The molecule has 0 aromatic heterocycles. The lowest BCUT2D eigenvalue weighted by atomic mass is 10.1. The third-order valence-electron chi connectivity index (χ3n) is 4.63. The second-order valence-electron chi connectivity index (χ2n) is 6.37. The largest absolute Gasteiger partial charge is 0.454 e. The van der Waals surface area contributed by atoms with Gasteiger partial charge in [0.2, 0.25) is 6.79 Å². The maximum absolute atomic E-state index is 5.47. The van der Waals surface area contributed by atoms with Gasteiger partial charge in [-0.3, -0.25) is 9.80 Å². The van der Waals surface area contributed by atoms with Gasteiger partial charge in [-0.25, -0.2) is 0 Å². The average Bonchev–Trinajstić information content (AvgIpc) is 3.06. The van der Waals surface area contributed by atoms with Crippen LogP contribution in [0.15, 0.2) is 46.9 Å². The van der Waals surface area contributed by atoms with Crippen LogP contribution in [0.4, 0.5) is 0 Å². The Hall–Kier alpha value is -1.56. The number of benzene rings is 2. The van der Waals surface area contributed by atoms with Crippen molar-refractivity contribution in [2.75, 3.05) is 33.0 Å². The number of ether oxygens (including phenoxy) is 2.